The number of halogens is 2. The Labute approximate surface area is 155 Å². The van der Waals surface area contributed by atoms with Gasteiger partial charge in [-0.2, -0.15) is 0 Å². The van der Waals surface area contributed by atoms with Crippen LogP contribution in [0.5, 0.6) is 0 Å². The van der Waals surface area contributed by atoms with E-state index in [9.17, 15) is 13.6 Å². The molecule has 26 heavy (non-hydrogen) atoms. The average molecular weight is 368 g/mol. The van der Waals surface area contributed by atoms with Crippen LogP contribution in [0.3, 0.4) is 0 Å². The zero-order valence-electron chi connectivity index (χ0n) is 16.2. The molecule has 1 saturated heterocycles. The fourth-order valence-electron chi connectivity index (χ4n) is 3.08. The number of benzene rings is 1. The van der Waals surface area contributed by atoms with Crippen LogP contribution in [-0.2, 0) is 9.53 Å². The smallest absolute Gasteiger partial charge is 0.236 e. The van der Waals surface area contributed by atoms with Gasteiger partial charge in [0.1, 0.15) is 0 Å². The van der Waals surface area contributed by atoms with Gasteiger partial charge in [0.2, 0.25) is 5.91 Å². The first kappa shape index (κ1) is 20.8. The van der Waals surface area contributed by atoms with Crippen LogP contribution in [0.15, 0.2) is 18.2 Å². The molecule has 1 aromatic carbocycles. The van der Waals surface area contributed by atoms with Gasteiger partial charge < -0.3 is 9.64 Å². The summed E-state index contributed by atoms with van der Waals surface area (Å²) in [4.78, 5) is 16.3. The third-order valence-electron chi connectivity index (χ3n) is 4.96. The van der Waals surface area contributed by atoms with Gasteiger partial charge in [0, 0.05) is 26.7 Å². The fourth-order valence-corrected chi connectivity index (χ4v) is 3.08. The lowest BCUT2D eigenvalue weighted by atomic mass is 10.1. The zero-order chi connectivity index (χ0) is 19.3. The first-order valence-electron chi connectivity index (χ1n) is 9.32. The van der Waals surface area contributed by atoms with Crippen LogP contribution in [0, 0.1) is 17.6 Å². The van der Waals surface area contributed by atoms with E-state index in [0.29, 0.717) is 18.0 Å². The van der Waals surface area contributed by atoms with Gasteiger partial charge in [-0.15, -0.1) is 0 Å². The van der Waals surface area contributed by atoms with Crippen molar-refractivity contribution in [2.45, 2.75) is 45.8 Å². The molecular formula is C20H30F2N2O2. The summed E-state index contributed by atoms with van der Waals surface area (Å²) < 4.78 is 32.4. The van der Waals surface area contributed by atoms with E-state index < -0.39 is 11.6 Å². The molecule has 0 radical (unpaired) electrons. The van der Waals surface area contributed by atoms with Crippen molar-refractivity contribution >= 4 is 5.91 Å². The molecule has 1 unspecified atom stereocenters. The van der Waals surface area contributed by atoms with Crippen LogP contribution in [0.4, 0.5) is 8.78 Å². The van der Waals surface area contributed by atoms with E-state index in [0.717, 1.165) is 44.7 Å². The standard InChI is InChI=1S/C20H30F2N2O2/c1-14(2)13-26-17-7-9-24(10-8-17)12-20(25)23(4)15(3)16-5-6-18(21)19(22)11-16/h5-6,11,14-15,17H,7-10,12-13H2,1-4H3. The molecule has 6 heteroatoms. The van der Waals surface area contributed by atoms with E-state index in [4.69, 9.17) is 4.74 Å². The highest BCUT2D eigenvalue weighted by Gasteiger charge is 2.24. The summed E-state index contributed by atoms with van der Waals surface area (Å²) in [7, 11) is 1.70. The first-order chi connectivity index (χ1) is 12.3. The summed E-state index contributed by atoms with van der Waals surface area (Å²) in [5.41, 5.74) is 0.584. The Hall–Kier alpha value is -1.53. The largest absolute Gasteiger partial charge is 0.378 e. The van der Waals surface area contributed by atoms with Gasteiger partial charge in [-0.25, -0.2) is 8.78 Å². The maximum absolute atomic E-state index is 13.4. The molecule has 0 saturated carbocycles. The monoisotopic (exact) mass is 368 g/mol. The maximum Gasteiger partial charge on any atom is 0.236 e. The molecule has 0 bridgehead atoms. The summed E-state index contributed by atoms with van der Waals surface area (Å²) in [6.45, 7) is 8.87. The van der Waals surface area contributed by atoms with E-state index in [1.54, 1.807) is 11.9 Å². The van der Waals surface area contributed by atoms with E-state index in [2.05, 4.69) is 18.7 Å². The van der Waals surface area contributed by atoms with Crippen LogP contribution in [0.2, 0.25) is 0 Å². The van der Waals surface area contributed by atoms with Crippen molar-refractivity contribution < 1.29 is 18.3 Å². The number of likely N-dealkylation sites (tertiary alicyclic amines) is 1. The van der Waals surface area contributed by atoms with Crippen molar-refractivity contribution in [2.24, 2.45) is 5.92 Å². The van der Waals surface area contributed by atoms with Gasteiger partial charge in [0.05, 0.1) is 18.7 Å². The summed E-state index contributed by atoms with van der Waals surface area (Å²) in [5.74, 6) is -1.26. The van der Waals surface area contributed by atoms with E-state index in [1.807, 2.05) is 6.92 Å². The number of rotatable bonds is 7. The Morgan fingerprint density at radius 1 is 1.23 bits per heavy atom. The third kappa shape index (κ3) is 5.74. The van der Waals surface area contributed by atoms with Crippen LogP contribution >= 0.6 is 0 Å². The maximum atomic E-state index is 13.4. The lowest BCUT2D eigenvalue weighted by Gasteiger charge is -2.34. The van der Waals surface area contributed by atoms with Crippen molar-refractivity contribution in [3.63, 3.8) is 0 Å². The lowest BCUT2D eigenvalue weighted by molar-refractivity contribution is -0.133. The molecule has 1 aromatic rings. The van der Waals surface area contributed by atoms with E-state index >= 15 is 0 Å². The van der Waals surface area contributed by atoms with E-state index in [1.165, 1.54) is 6.07 Å². The minimum absolute atomic E-state index is 0.0243. The molecule has 146 valence electrons. The second-order valence-corrected chi connectivity index (χ2v) is 7.56. The summed E-state index contributed by atoms with van der Waals surface area (Å²) in [6.07, 6.45) is 2.15. The van der Waals surface area contributed by atoms with Crippen LogP contribution < -0.4 is 0 Å². The minimum atomic E-state index is -0.890. The zero-order valence-corrected chi connectivity index (χ0v) is 16.2. The summed E-state index contributed by atoms with van der Waals surface area (Å²) in [5, 5.41) is 0. The van der Waals surface area contributed by atoms with Gasteiger partial charge in [0.25, 0.3) is 0 Å². The Bertz CT molecular complexity index is 601. The molecule has 1 heterocycles. The number of amides is 1. The molecule has 2 rings (SSSR count). The number of carbonyl (C=O) groups is 1. The predicted octanol–water partition coefficient (Wildman–Crippen LogP) is 3.62. The Morgan fingerprint density at radius 3 is 2.46 bits per heavy atom. The molecule has 1 amide bonds. The third-order valence-corrected chi connectivity index (χ3v) is 4.96. The molecule has 4 nitrogen and oxygen atoms in total. The Morgan fingerprint density at radius 2 is 1.88 bits per heavy atom. The molecule has 0 aliphatic carbocycles. The molecule has 1 aliphatic rings. The van der Waals surface area contributed by atoms with Crippen molar-refractivity contribution in [2.75, 3.05) is 33.3 Å². The Balaban J connectivity index is 1.82. The SMILES string of the molecule is CC(C)COC1CCN(CC(=O)N(C)C(C)c2ccc(F)c(F)c2)CC1. The number of carbonyl (C=O) groups excluding carboxylic acids is 1. The summed E-state index contributed by atoms with van der Waals surface area (Å²) >= 11 is 0. The van der Waals surface area contributed by atoms with Gasteiger partial charge in [-0.05, 0) is 43.4 Å². The van der Waals surface area contributed by atoms with Crippen molar-refractivity contribution in [3.8, 4) is 0 Å². The molecule has 0 spiro atoms. The molecule has 1 fully saturated rings. The predicted molar refractivity (Wildman–Crippen MR) is 97.8 cm³/mol. The van der Waals surface area contributed by atoms with Crippen LogP contribution in [-0.4, -0.2) is 55.1 Å². The van der Waals surface area contributed by atoms with Gasteiger partial charge >= 0.3 is 0 Å². The highest BCUT2D eigenvalue weighted by atomic mass is 19.2. The second kappa shape index (κ2) is 9.42. The minimum Gasteiger partial charge on any atom is -0.378 e. The topological polar surface area (TPSA) is 32.8 Å². The summed E-state index contributed by atoms with van der Waals surface area (Å²) in [6, 6.07) is 3.46. The molecule has 0 aromatic heterocycles. The molecule has 1 aliphatic heterocycles. The van der Waals surface area contributed by atoms with Gasteiger partial charge in [0.15, 0.2) is 11.6 Å². The van der Waals surface area contributed by atoms with Gasteiger partial charge in [-0.1, -0.05) is 19.9 Å². The average Bonchev–Trinajstić information content (AvgIpc) is 2.62. The number of ether oxygens (including phenoxy) is 1. The number of piperidine rings is 1. The first-order valence-corrected chi connectivity index (χ1v) is 9.32. The number of hydrogen-bond acceptors (Lipinski definition) is 3. The van der Waals surface area contributed by atoms with E-state index in [-0.39, 0.29) is 18.1 Å². The van der Waals surface area contributed by atoms with Crippen molar-refractivity contribution in [1.82, 2.24) is 9.80 Å². The Kier molecular flexibility index (Phi) is 7.53. The van der Waals surface area contributed by atoms with Crippen molar-refractivity contribution in [1.29, 1.82) is 0 Å². The van der Waals surface area contributed by atoms with Crippen LogP contribution in [0.25, 0.3) is 0 Å². The highest BCUT2D eigenvalue weighted by Crippen LogP contribution is 2.22. The number of likely N-dealkylation sites (N-methyl/N-ethyl adjacent to an activating group) is 1. The number of nitrogens with zero attached hydrogens (tertiary/aromatic N) is 2. The number of hydrogen-bond donors (Lipinski definition) is 0. The molecule has 1 atom stereocenters. The molecule has 0 N–H and O–H groups in total. The quantitative estimate of drug-likeness (QED) is 0.737. The fraction of sp³-hybridized carbons (Fsp3) is 0.650. The molecular weight excluding hydrogens is 338 g/mol. The normalized spacial score (nSPS) is 17.5. The van der Waals surface area contributed by atoms with Crippen LogP contribution in [0.1, 0.15) is 45.2 Å². The van der Waals surface area contributed by atoms with Gasteiger partial charge in [-0.3, -0.25) is 9.69 Å². The van der Waals surface area contributed by atoms with Crippen molar-refractivity contribution in [3.05, 3.63) is 35.4 Å². The lowest BCUT2D eigenvalue weighted by Crippen LogP contribution is -2.44. The highest BCUT2D eigenvalue weighted by molar-refractivity contribution is 5.78. The second-order valence-electron chi connectivity index (χ2n) is 7.56.